The molecule has 0 spiro atoms. The van der Waals surface area contributed by atoms with Crippen molar-refractivity contribution in [1.82, 2.24) is 15.2 Å². The van der Waals surface area contributed by atoms with Gasteiger partial charge in [-0.3, -0.25) is 0 Å². The highest BCUT2D eigenvalue weighted by atomic mass is 32.1. The zero-order chi connectivity index (χ0) is 15.5. The summed E-state index contributed by atoms with van der Waals surface area (Å²) in [5, 5.41) is 4.35. The average Bonchev–Trinajstić information content (AvgIpc) is 2.96. The summed E-state index contributed by atoms with van der Waals surface area (Å²) in [6.45, 7) is 6.73. The molecule has 22 heavy (non-hydrogen) atoms. The van der Waals surface area contributed by atoms with Crippen LogP contribution in [0.3, 0.4) is 0 Å². The van der Waals surface area contributed by atoms with Crippen molar-refractivity contribution in [2.75, 3.05) is 19.6 Å². The van der Waals surface area contributed by atoms with Gasteiger partial charge in [-0.15, -0.1) is 11.3 Å². The van der Waals surface area contributed by atoms with Gasteiger partial charge in [-0.1, -0.05) is 13.8 Å². The van der Waals surface area contributed by atoms with E-state index in [2.05, 4.69) is 19.2 Å². The number of amides is 2. The first-order chi connectivity index (χ1) is 10.6. The van der Waals surface area contributed by atoms with Gasteiger partial charge in [0.05, 0.1) is 10.7 Å². The lowest BCUT2D eigenvalue weighted by atomic mass is 9.97. The van der Waals surface area contributed by atoms with Gasteiger partial charge >= 0.3 is 6.03 Å². The Labute approximate surface area is 137 Å². The van der Waals surface area contributed by atoms with Crippen LogP contribution in [0.4, 0.5) is 4.79 Å². The van der Waals surface area contributed by atoms with Gasteiger partial charge in [0.15, 0.2) is 0 Å². The quantitative estimate of drug-likeness (QED) is 0.925. The summed E-state index contributed by atoms with van der Waals surface area (Å²) in [6, 6.07) is 0.102. The van der Waals surface area contributed by atoms with Gasteiger partial charge in [-0.2, -0.15) is 0 Å². The summed E-state index contributed by atoms with van der Waals surface area (Å²) in [4.78, 5) is 20.5. The number of nitrogens with zero attached hydrogens (tertiary/aromatic N) is 2. The molecule has 0 radical (unpaired) electrons. The average molecular weight is 321 g/mol. The molecule has 5 heteroatoms. The molecule has 4 nitrogen and oxygen atoms in total. The predicted molar refractivity (Wildman–Crippen MR) is 90.5 cm³/mol. The van der Waals surface area contributed by atoms with Gasteiger partial charge in [0.1, 0.15) is 0 Å². The molecule has 2 amide bonds. The Balaban J connectivity index is 1.53. The van der Waals surface area contributed by atoms with Crippen molar-refractivity contribution in [3.8, 4) is 0 Å². The molecule has 0 unspecified atom stereocenters. The highest BCUT2D eigenvalue weighted by Crippen LogP contribution is 2.35. The van der Waals surface area contributed by atoms with E-state index in [9.17, 15) is 4.79 Å². The second-order valence-electron chi connectivity index (χ2n) is 6.97. The van der Waals surface area contributed by atoms with Crippen molar-refractivity contribution >= 4 is 17.4 Å². The SMILES string of the molecule is CC(C)CNC(=O)N1CCC(c2nc3c(s2)CCCC3)CC1. The molecular weight excluding hydrogens is 294 g/mol. The minimum atomic E-state index is 0.102. The molecule has 1 fully saturated rings. The smallest absolute Gasteiger partial charge is 0.317 e. The number of urea groups is 1. The number of hydrogen-bond donors (Lipinski definition) is 1. The largest absolute Gasteiger partial charge is 0.338 e. The zero-order valence-corrected chi connectivity index (χ0v) is 14.5. The van der Waals surface area contributed by atoms with E-state index in [0.29, 0.717) is 11.8 Å². The summed E-state index contributed by atoms with van der Waals surface area (Å²) in [5.74, 6) is 1.06. The van der Waals surface area contributed by atoms with Crippen molar-refractivity contribution in [3.63, 3.8) is 0 Å². The number of fused-ring (bicyclic) bond motifs is 1. The van der Waals surface area contributed by atoms with Crippen LogP contribution in [0, 0.1) is 5.92 Å². The number of aromatic nitrogens is 1. The first-order valence-electron chi connectivity index (χ1n) is 8.64. The predicted octanol–water partition coefficient (Wildman–Crippen LogP) is 3.57. The highest BCUT2D eigenvalue weighted by Gasteiger charge is 2.27. The molecule has 2 aliphatic rings. The molecule has 122 valence electrons. The summed E-state index contributed by atoms with van der Waals surface area (Å²) in [6.07, 6.45) is 7.13. The number of carbonyl (C=O) groups is 1. The van der Waals surface area contributed by atoms with Crippen LogP contribution in [0.5, 0.6) is 0 Å². The van der Waals surface area contributed by atoms with Gasteiger partial charge in [-0.25, -0.2) is 9.78 Å². The minimum Gasteiger partial charge on any atom is -0.338 e. The van der Waals surface area contributed by atoms with Crippen LogP contribution in [-0.4, -0.2) is 35.5 Å². The second-order valence-corrected chi connectivity index (χ2v) is 8.09. The lowest BCUT2D eigenvalue weighted by molar-refractivity contribution is 0.180. The summed E-state index contributed by atoms with van der Waals surface area (Å²) < 4.78 is 0. The molecule has 0 atom stereocenters. The molecule has 1 aromatic rings. The molecule has 2 heterocycles. The second kappa shape index (κ2) is 6.99. The van der Waals surface area contributed by atoms with Crippen LogP contribution in [0.1, 0.15) is 61.0 Å². The lowest BCUT2D eigenvalue weighted by Crippen LogP contribution is -2.45. The van der Waals surface area contributed by atoms with Crippen LogP contribution in [0.2, 0.25) is 0 Å². The molecule has 1 saturated heterocycles. The van der Waals surface area contributed by atoms with Crippen molar-refractivity contribution < 1.29 is 4.79 Å². The fourth-order valence-corrected chi connectivity index (χ4v) is 4.60. The van der Waals surface area contributed by atoms with Crippen LogP contribution in [-0.2, 0) is 12.8 Å². The van der Waals surface area contributed by atoms with Crippen LogP contribution < -0.4 is 5.32 Å². The van der Waals surface area contributed by atoms with E-state index in [1.165, 1.54) is 41.3 Å². The van der Waals surface area contributed by atoms with Crippen LogP contribution in [0.15, 0.2) is 0 Å². The number of likely N-dealkylation sites (tertiary alicyclic amines) is 1. The number of carbonyl (C=O) groups excluding carboxylic acids is 1. The molecule has 1 aliphatic heterocycles. The Hall–Kier alpha value is -1.10. The maximum Gasteiger partial charge on any atom is 0.317 e. The number of nitrogens with one attached hydrogen (secondary N) is 1. The maximum atomic E-state index is 12.1. The number of hydrogen-bond acceptors (Lipinski definition) is 3. The Morgan fingerprint density at radius 1 is 1.32 bits per heavy atom. The first kappa shape index (κ1) is 15.8. The third-order valence-electron chi connectivity index (χ3n) is 4.66. The van der Waals surface area contributed by atoms with Crippen LogP contribution in [0.25, 0.3) is 0 Å². The molecule has 1 aromatic heterocycles. The minimum absolute atomic E-state index is 0.102. The fraction of sp³-hybridized carbons (Fsp3) is 0.765. The van der Waals surface area contributed by atoms with E-state index in [-0.39, 0.29) is 6.03 Å². The van der Waals surface area contributed by atoms with E-state index in [4.69, 9.17) is 4.98 Å². The Morgan fingerprint density at radius 3 is 2.73 bits per heavy atom. The Kier molecular flexibility index (Phi) is 5.01. The molecule has 0 bridgehead atoms. The number of piperidine rings is 1. The third-order valence-corrected chi connectivity index (χ3v) is 5.98. The number of rotatable bonds is 3. The van der Waals surface area contributed by atoms with E-state index in [1.807, 2.05) is 16.2 Å². The molecule has 3 rings (SSSR count). The van der Waals surface area contributed by atoms with Crippen LogP contribution >= 0.6 is 11.3 Å². The van der Waals surface area contributed by atoms with Gasteiger partial charge in [0.2, 0.25) is 0 Å². The normalized spacial score (nSPS) is 19.3. The van der Waals surface area contributed by atoms with Crippen molar-refractivity contribution in [2.45, 2.75) is 58.3 Å². The number of aryl methyl sites for hydroxylation is 2. The molecule has 1 N–H and O–H groups in total. The first-order valence-corrected chi connectivity index (χ1v) is 9.46. The summed E-state index contributed by atoms with van der Waals surface area (Å²) in [5.41, 5.74) is 1.36. The monoisotopic (exact) mass is 321 g/mol. The van der Waals surface area contributed by atoms with E-state index >= 15 is 0 Å². The molecule has 1 aliphatic carbocycles. The third kappa shape index (κ3) is 3.62. The maximum absolute atomic E-state index is 12.1. The molecule has 0 aromatic carbocycles. The van der Waals surface area contributed by atoms with Gasteiger partial charge in [0.25, 0.3) is 0 Å². The van der Waals surface area contributed by atoms with Crippen molar-refractivity contribution in [2.24, 2.45) is 5.92 Å². The Bertz CT molecular complexity index is 494. The van der Waals surface area contributed by atoms with E-state index in [1.54, 1.807) is 0 Å². The molecule has 0 saturated carbocycles. The standard InChI is InChI=1S/C17H27N3OS/c1-12(2)11-18-17(21)20-9-7-13(8-10-20)16-19-14-5-3-4-6-15(14)22-16/h12-13H,3-11H2,1-2H3,(H,18,21). The number of thiazole rings is 1. The van der Waals surface area contributed by atoms with E-state index in [0.717, 1.165) is 32.5 Å². The Morgan fingerprint density at radius 2 is 2.05 bits per heavy atom. The topological polar surface area (TPSA) is 45.2 Å². The van der Waals surface area contributed by atoms with Crippen molar-refractivity contribution in [1.29, 1.82) is 0 Å². The van der Waals surface area contributed by atoms with Gasteiger partial charge in [0, 0.05) is 30.4 Å². The molecular formula is C17H27N3OS. The van der Waals surface area contributed by atoms with Gasteiger partial charge < -0.3 is 10.2 Å². The highest BCUT2D eigenvalue weighted by molar-refractivity contribution is 7.11. The zero-order valence-electron chi connectivity index (χ0n) is 13.7. The summed E-state index contributed by atoms with van der Waals surface area (Å²) in [7, 11) is 0. The lowest BCUT2D eigenvalue weighted by Gasteiger charge is -2.31. The summed E-state index contributed by atoms with van der Waals surface area (Å²) >= 11 is 1.94. The van der Waals surface area contributed by atoms with Crippen molar-refractivity contribution in [3.05, 3.63) is 15.6 Å². The van der Waals surface area contributed by atoms with E-state index < -0.39 is 0 Å². The van der Waals surface area contributed by atoms with Gasteiger partial charge in [-0.05, 0) is 44.4 Å². The fourth-order valence-electron chi connectivity index (χ4n) is 3.28.